The summed E-state index contributed by atoms with van der Waals surface area (Å²) in [7, 11) is 3.37. The first kappa shape index (κ1) is 42.0. The van der Waals surface area contributed by atoms with E-state index in [0.717, 1.165) is 71.4 Å². The van der Waals surface area contributed by atoms with Crippen LogP contribution in [-0.2, 0) is 19.9 Å². The summed E-state index contributed by atoms with van der Waals surface area (Å²) in [5, 5.41) is 5.51. The number of carbonyl (C=O) groups excluding carboxylic acids is 2. The van der Waals surface area contributed by atoms with Crippen LogP contribution >= 0.6 is 0 Å². The van der Waals surface area contributed by atoms with Gasteiger partial charge in [-0.2, -0.15) is 0 Å². The van der Waals surface area contributed by atoms with Crippen molar-refractivity contribution in [1.82, 2.24) is 10.6 Å². The van der Waals surface area contributed by atoms with Crippen molar-refractivity contribution in [2.24, 2.45) is 0 Å². The van der Waals surface area contributed by atoms with Crippen molar-refractivity contribution >= 4 is 12.0 Å². The van der Waals surface area contributed by atoms with Crippen LogP contribution in [-0.4, -0.2) is 52.5 Å². The minimum Gasteiger partial charge on any atom is -0.497 e. The lowest BCUT2D eigenvalue weighted by atomic mass is 9.80. The zero-order valence-electron chi connectivity index (χ0n) is 34.1. The number of rotatable bonds is 23. The maximum Gasteiger partial charge on any atom is 0.407 e. The highest BCUT2D eigenvalue weighted by Gasteiger charge is 2.37. The summed E-state index contributed by atoms with van der Waals surface area (Å²) in [5.41, 5.74) is 7.08. The lowest BCUT2D eigenvalue weighted by molar-refractivity contribution is -0.120. The largest absolute Gasteiger partial charge is 0.497 e. The molecule has 58 heavy (non-hydrogen) atoms. The average Bonchev–Trinajstić information content (AvgIpc) is 3.60. The normalized spacial score (nSPS) is 12.0. The van der Waals surface area contributed by atoms with Gasteiger partial charge in [0.05, 0.1) is 20.8 Å². The minimum absolute atomic E-state index is 0.0114. The van der Waals surface area contributed by atoms with Gasteiger partial charge in [-0.15, -0.1) is 0 Å². The molecular weight excluding hydrogens is 725 g/mol. The van der Waals surface area contributed by atoms with E-state index in [-0.39, 0.29) is 25.0 Å². The van der Waals surface area contributed by atoms with Gasteiger partial charge in [0.25, 0.3) is 0 Å². The van der Waals surface area contributed by atoms with Crippen molar-refractivity contribution in [3.05, 3.63) is 155 Å². The van der Waals surface area contributed by atoms with Crippen LogP contribution in [0.4, 0.5) is 4.79 Å². The molecule has 1 aliphatic carbocycles. The van der Waals surface area contributed by atoms with Crippen molar-refractivity contribution in [3.8, 4) is 22.6 Å². The van der Waals surface area contributed by atoms with Gasteiger partial charge >= 0.3 is 6.09 Å². The van der Waals surface area contributed by atoms with Gasteiger partial charge in [0.15, 0.2) is 0 Å². The van der Waals surface area contributed by atoms with Crippen LogP contribution in [0.1, 0.15) is 97.9 Å². The highest BCUT2D eigenvalue weighted by molar-refractivity contribution is 5.82. The first-order valence-corrected chi connectivity index (χ1v) is 20.9. The Morgan fingerprint density at radius 1 is 0.534 bits per heavy atom. The van der Waals surface area contributed by atoms with Gasteiger partial charge in [-0.1, -0.05) is 154 Å². The number of unbranched alkanes of at least 4 members (excludes halogenated alkanes) is 9. The summed E-state index contributed by atoms with van der Waals surface area (Å²) in [6.45, 7) is 1.37. The summed E-state index contributed by atoms with van der Waals surface area (Å²) in [4.78, 5) is 24.7. The molecule has 0 heterocycles. The summed E-state index contributed by atoms with van der Waals surface area (Å²) in [5.74, 6) is 1.40. The molecule has 0 bridgehead atoms. The van der Waals surface area contributed by atoms with Crippen molar-refractivity contribution in [1.29, 1.82) is 0 Å². The number of benzene rings is 5. The summed E-state index contributed by atoms with van der Waals surface area (Å²) in [6, 6.07) is 43.3. The Balaban J connectivity index is 0.823. The third-order valence-corrected chi connectivity index (χ3v) is 11.1. The van der Waals surface area contributed by atoms with E-state index in [1.54, 1.807) is 14.2 Å². The maximum absolute atomic E-state index is 12.4. The molecule has 0 saturated heterocycles. The second-order valence-corrected chi connectivity index (χ2v) is 14.9. The zero-order valence-corrected chi connectivity index (χ0v) is 34.1. The molecule has 0 unspecified atom stereocenters. The van der Waals surface area contributed by atoms with E-state index >= 15 is 0 Å². The highest BCUT2D eigenvalue weighted by atomic mass is 16.5. The van der Waals surface area contributed by atoms with Gasteiger partial charge < -0.3 is 29.6 Å². The van der Waals surface area contributed by atoms with Crippen molar-refractivity contribution in [3.63, 3.8) is 0 Å². The van der Waals surface area contributed by atoms with Gasteiger partial charge in [0.2, 0.25) is 5.91 Å². The topological polar surface area (TPSA) is 95.1 Å². The molecule has 1 aliphatic rings. The molecular formula is C50H58N2O6. The standard InChI is InChI=1S/C50H58N2O6/c1-55-41-30-26-39(27-31-41)50(38-20-12-11-13-21-38,40-28-32-42(56-2)33-29-40)58-35-19-10-8-6-4-3-5-7-9-18-34-51-48(53)36-52-49(54)57-37-47-45-24-16-14-22-43(45)44-23-15-17-25-46(44)47/h11-17,20-33,47H,3-10,18-19,34-37H2,1-2H3,(H,51,53)(H,52,54). The molecule has 304 valence electrons. The fourth-order valence-corrected chi connectivity index (χ4v) is 8.03. The molecule has 0 radical (unpaired) electrons. The van der Waals surface area contributed by atoms with E-state index in [2.05, 4.69) is 83.4 Å². The maximum atomic E-state index is 12.4. The highest BCUT2D eigenvalue weighted by Crippen LogP contribution is 2.45. The predicted molar refractivity (Wildman–Crippen MR) is 231 cm³/mol. The Kier molecular flexibility index (Phi) is 15.8. The predicted octanol–water partition coefficient (Wildman–Crippen LogP) is 10.6. The molecule has 0 aliphatic heterocycles. The smallest absolute Gasteiger partial charge is 0.407 e. The van der Waals surface area contributed by atoms with Crippen molar-refractivity contribution in [2.45, 2.75) is 75.7 Å². The Bertz CT molecular complexity index is 1920. The zero-order chi connectivity index (χ0) is 40.4. The van der Waals surface area contributed by atoms with Crippen LogP contribution in [0, 0.1) is 0 Å². The number of methoxy groups -OCH3 is 2. The quantitative estimate of drug-likeness (QED) is 0.0506. The van der Waals surface area contributed by atoms with Crippen LogP contribution in [0.5, 0.6) is 11.5 Å². The lowest BCUT2D eigenvalue weighted by Gasteiger charge is -2.36. The van der Waals surface area contributed by atoms with Crippen LogP contribution in [0.15, 0.2) is 127 Å². The average molecular weight is 783 g/mol. The van der Waals surface area contributed by atoms with E-state index in [9.17, 15) is 9.59 Å². The molecule has 2 amide bonds. The lowest BCUT2D eigenvalue weighted by Crippen LogP contribution is -2.37. The fourth-order valence-electron chi connectivity index (χ4n) is 8.03. The van der Waals surface area contributed by atoms with Crippen molar-refractivity contribution in [2.75, 3.05) is 40.5 Å². The molecule has 0 aromatic heterocycles. The Morgan fingerprint density at radius 3 is 1.53 bits per heavy atom. The first-order valence-electron chi connectivity index (χ1n) is 20.9. The third kappa shape index (κ3) is 10.9. The Hall–Kier alpha value is -5.60. The second kappa shape index (κ2) is 21.8. The summed E-state index contributed by atoms with van der Waals surface area (Å²) >= 11 is 0. The van der Waals surface area contributed by atoms with E-state index in [1.807, 2.05) is 54.6 Å². The monoisotopic (exact) mass is 782 g/mol. The molecule has 6 rings (SSSR count). The van der Waals surface area contributed by atoms with E-state index in [0.29, 0.717) is 13.2 Å². The van der Waals surface area contributed by atoms with E-state index < -0.39 is 11.7 Å². The van der Waals surface area contributed by atoms with Gasteiger partial charge in [-0.25, -0.2) is 4.79 Å². The van der Waals surface area contributed by atoms with Gasteiger partial charge in [0, 0.05) is 19.1 Å². The molecule has 2 N–H and O–H groups in total. The van der Waals surface area contributed by atoms with Gasteiger partial charge in [0.1, 0.15) is 23.7 Å². The molecule has 0 saturated carbocycles. The van der Waals surface area contributed by atoms with E-state index in [1.165, 1.54) is 43.2 Å². The molecule has 0 fully saturated rings. The van der Waals surface area contributed by atoms with Gasteiger partial charge in [-0.05, 0) is 76.1 Å². The van der Waals surface area contributed by atoms with E-state index in [4.69, 9.17) is 18.9 Å². The molecule has 0 atom stereocenters. The number of hydrogen-bond donors (Lipinski definition) is 2. The fraction of sp³-hybridized carbons (Fsp3) is 0.360. The first-order chi connectivity index (χ1) is 28.5. The number of ether oxygens (including phenoxy) is 4. The van der Waals surface area contributed by atoms with Crippen molar-refractivity contribution < 1.29 is 28.5 Å². The minimum atomic E-state index is -0.773. The number of hydrogen-bond acceptors (Lipinski definition) is 6. The molecule has 5 aromatic carbocycles. The Morgan fingerprint density at radius 2 is 1.00 bits per heavy atom. The molecule has 0 spiro atoms. The second-order valence-electron chi connectivity index (χ2n) is 14.9. The number of alkyl carbamates (subject to hydrolysis) is 1. The third-order valence-electron chi connectivity index (χ3n) is 11.1. The molecule has 8 nitrogen and oxygen atoms in total. The van der Waals surface area contributed by atoms with Crippen LogP contribution < -0.4 is 20.1 Å². The number of carbonyl (C=O) groups is 2. The van der Waals surface area contributed by atoms with Crippen LogP contribution in [0.2, 0.25) is 0 Å². The summed E-state index contributed by atoms with van der Waals surface area (Å²) in [6.07, 6.45) is 10.7. The number of fused-ring (bicyclic) bond motifs is 3. The number of amides is 2. The molecule has 5 aromatic rings. The van der Waals surface area contributed by atoms with Gasteiger partial charge in [-0.3, -0.25) is 4.79 Å². The number of nitrogens with one attached hydrogen (secondary N) is 2. The van der Waals surface area contributed by atoms with Crippen LogP contribution in [0.25, 0.3) is 11.1 Å². The SMILES string of the molecule is COc1ccc(C(OCCCCCCCCCCCCNC(=O)CNC(=O)OCC2c3ccccc3-c3ccccc32)(c2ccccc2)c2ccc(OC)cc2)cc1. The summed E-state index contributed by atoms with van der Waals surface area (Å²) < 4.78 is 23.5. The van der Waals surface area contributed by atoms with Crippen LogP contribution in [0.3, 0.4) is 0 Å². The Labute approximate surface area is 344 Å². The molecule has 8 heteroatoms.